The summed E-state index contributed by atoms with van der Waals surface area (Å²) in [7, 11) is 0. The molecule has 1 aromatic rings. The molecule has 1 fully saturated rings. The number of nitrogens with zero attached hydrogens (tertiary/aromatic N) is 1. The van der Waals surface area contributed by atoms with Crippen LogP contribution >= 0.6 is 0 Å². The SMILES string of the molecule is CC1CCCCCN1C(=O)c1cccc2c1NCCC2. The van der Waals surface area contributed by atoms with Gasteiger partial charge in [0.25, 0.3) is 5.91 Å². The molecule has 1 N–H and O–H groups in total. The summed E-state index contributed by atoms with van der Waals surface area (Å²) in [5, 5.41) is 3.43. The molecule has 1 saturated heterocycles. The van der Waals surface area contributed by atoms with Crippen LogP contribution in [0.1, 0.15) is 54.9 Å². The molecule has 3 rings (SSSR count). The number of carbonyl (C=O) groups excluding carboxylic acids is 1. The fourth-order valence-electron chi connectivity index (χ4n) is 3.42. The van der Waals surface area contributed by atoms with Crippen LogP contribution in [0.2, 0.25) is 0 Å². The van der Waals surface area contributed by atoms with Gasteiger partial charge in [-0.15, -0.1) is 0 Å². The van der Waals surface area contributed by atoms with E-state index in [2.05, 4.69) is 23.2 Å². The predicted molar refractivity (Wildman–Crippen MR) is 82.2 cm³/mol. The monoisotopic (exact) mass is 272 g/mol. The first-order chi connectivity index (χ1) is 9.77. The van der Waals surface area contributed by atoms with E-state index >= 15 is 0 Å². The molecule has 2 heterocycles. The smallest absolute Gasteiger partial charge is 0.256 e. The van der Waals surface area contributed by atoms with Crippen molar-refractivity contribution >= 4 is 11.6 Å². The van der Waals surface area contributed by atoms with Crippen LogP contribution < -0.4 is 5.32 Å². The maximum absolute atomic E-state index is 12.9. The van der Waals surface area contributed by atoms with Crippen molar-refractivity contribution < 1.29 is 4.79 Å². The Bertz CT molecular complexity index is 498. The number of nitrogens with one attached hydrogen (secondary N) is 1. The molecule has 1 amide bonds. The lowest BCUT2D eigenvalue weighted by Crippen LogP contribution is -2.38. The number of hydrogen-bond donors (Lipinski definition) is 1. The average molecular weight is 272 g/mol. The van der Waals surface area contributed by atoms with Crippen molar-refractivity contribution in [3.63, 3.8) is 0 Å². The van der Waals surface area contributed by atoms with E-state index in [1.54, 1.807) is 0 Å². The molecule has 1 aromatic carbocycles. The third kappa shape index (κ3) is 2.54. The predicted octanol–water partition coefficient (Wildman–Crippen LogP) is 3.45. The second-order valence-electron chi connectivity index (χ2n) is 6.07. The lowest BCUT2D eigenvalue weighted by molar-refractivity contribution is 0.0698. The molecule has 3 heteroatoms. The summed E-state index contributed by atoms with van der Waals surface area (Å²) in [6, 6.07) is 6.52. The summed E-state index contributed by atoms with van der Waals surface area (Å²) in [4.78, 5) is 15.0. The number of fused-ring (bicyclic) bond motifs is 1. The van der Waals surface area contributed by atoms with Gasteiger partial charge in [0, 0.05) is 19.1 Å². The van der Waals surface area contributed by atoms with E-state index in [-0.39, 0.29) is 5.91 Å². The van der Waals surface area contributed by atoms with Crippen LogP contribution in [0.25, 0.3) is 0 Å². The molecule has 1 atom stereocenters. The number of amides is 1. The van der Waals surface area contributed by atoms with Gasteiger partial charge >= 0.3 is 0 Å². The third-order valence-electron chi connectivity index (χ3n) is 4.62. The van der Waals surface area contributed by atoms with Crippen molar-refractivity contribution in [2.24, 2.45) is 0 Å². The van der Waals surface area contributed by atoms with Gasteiger partial charge in [-0.2, -0.15) is 0 Å². The minimum Gasteiger partial charge on any atom is -0.384 e. The number of anilines is 1. The molecule has 0 aromatic heterocycles. The fraction of sp³-hybridized carbons (Fsp3) is 0.588. The Morgan fingerprint density at radius 1 is 1.25 bits per heavy atom. The topological polar surface area (TPSA) is 32.3 Å². The molecule has 1 unspecified atom stereocenters. The number of likely N-dealkylation sites (tertiary alicyclic amines) is 1. The molecule has 0 saturated carbocycles. The summed E-state index contributed by atoms with van der Waals surface area (Å²) in [6.07, 6.45) is 7.01. The van der Waals surface area contributed by atoms with E-state index in [4.69, 9.17) is 0 Å². The van der Waals surface area contributed by atoms with Gasteiger partial charge in [-0.05, 0) is 44.2 Å². The van der Waals surface area contributed by atoms with Crippen molar-refractivity contribution in [2.75, 3.05) is 18.4 Å². The van der Waals surface area contributed by atoms with Crippen molar-refractivity contribution in [1.29, 1.82) is 0 Å². The minimum absolute atomic E-state index is 0.214. The zero-order valence-electron chi connectivity index (χ0n) is 12.3. The largest absolute Gasteiger partial charge is 0.384 e. The second kappa shape index (κ2) is 5.86. The highest BCUT2D eigenvalue weighted by atomic mass is 16.2. The summed E-state index contributed by atoms with van der Waals surface area (Å²) in [6.45, 7) is 4.07. The molecule has 108 valence electrons. The Kier molecular flexibility index (Phi) is 3.95. The highest BCUT2D eigenvalue weighted by Crippen LogP contribution is 2.28. The first-order valence-corrected chi connectivity index (χ1v) is 7.94. The van der Waals surface area contributed by atoms with E-state index in [9.17, 15) is 4.79 Å². The van der Waals surface area contributed by atoms with Crippen LogP contribution in [-0.2, 0) is 6.42 Å². The van der Waals surface area contributed by atoms with Gasteiger partial charge in [0.1, 0.15) is 0 Å². The first kappa shape index (κ1) is 13.5. The molecule has 2 aliphatic rings. The normalized spacial score (nSPS) is 22.6. The molecule has 20 heavy (non-hydrogen) atoms. The zero-order chi connectivity index (χ0) is 13.9. The quantitative estimate of drug-likeness (QED) is 0.849. The summed E-state index contributed by atoms with van der Waals surface area (Å²) < 4.78 is 0. The van der Waals surface area contributed by atoms with Crippen molar-refractivity contribution in [3.8, 4) is 0 Å². The van der Waals surface area contributed by atoms with E-state index < -0.39 is 0 Å². The first-order valence-electron chi connectivity index (χ1n) is 7.94. The Morgan fingerprint density at radius 2 is 2.15 bits per heavy atom. The highest BCUT2D eigenvalue weighted by Gasteiger charge is 2.26. The Hall–Kier alpha value is -1.51. The van der Waals surface area contributed by atoms with Gasteiger partial charge in [-0.25, -0.2) is 0 Å². The van der Waals surface area contributed by atoms with Gasteiger partial charge in [-0.3, -0.25) is 4.79 Å². The van der Waals surface area contributed by atoms with E-state index in [0.717, 1.165) is 50.0 Å². The number of benzene rings is 1. The molecule has 0 aliphatic carbocycles. The van der Waals surface area contributed by atoms with Crippen LogP contribution in [0, 0.1) is 0 Å². The van der Waals surface area contributed by atoms with Gasteiger partial charge in [0.2, 0.25) is 0 Å². The van der Waals surface area contributed by atoms with Crippen LogP contribution in [0.3, 0.4) is 0 Å². The molecule has 0 bridgehead atoms. The zero-order valence-corrected chi connectivity index (χ0v) is 12.3. The van der Waals surface area contributed by atoms with Crippen molar-refractivity contribution in [3.05, 3.63) is 29.3 Å². The van der Waals surface area contributed by atoms with Crippen LogP contribution in [0.4, 0.5) is 5.69 Å². The van der Waals surface area contributed by atoms with Gasteiger partial charge < -0.3 is 10.2 Å². The average Bonchev–Trinajstić information content (AvgIpc) is 2.70. The van der Waals surface area contributed by atoms with Crippen LogP contribution in [0.5, 0.6) is 0 Å². The molecule has 3 nitrogen and oxygen atoms in total. The van der Waals surface area contributed by atoms with E-state index in [1.165, 1.54) is 18.4 Å². The van der Waals surface area contributed by atoms with E-state index in [0.29, 0.717) is 6.04 Å². The van der Waals surface area contributed by atoms with Gasteiger partial charge in [0.15, 0.2) is 0 Å². The Morgan fingerprint density at radius 3 is 3.05 bits per heavy atom. The number of carbonyl (C=O) groups is 1. The number of para-hydroxylation sites is 1. The second-order valence-corrected chi connectivity index (χ2v) is 6.07. The number of aryl methyl sites for hydroxylation is 1. The van der Waals surface area contributed by atoms with Crippen LogP contribution in [0.15, 0.2) is 18.2 Å². The molecule has 2 aliphatic heterocycles. The number of rotatable bonds is 1. The number of hydrogen-bond acceptors (Lipinski definition) is 2. The lowest BCUT2D eigenvalue weighted by atomic mass is 9.98. The fourth-order valence-corrected chi connectivity index (χ4v) is 3.42. The molecule has 0 radical (unpaired) electrons. The van der Waals surface area contributed by atoms with E-state index in [1.807, 2.05) is 12.1 Å². The highest BCUT2D eigenvalue weighted by molar-refractivity contribution is 6.00. The molecular formula is C17H24N2O. The van der Waals surface area contributed by atoms with Crippen molar-refractivity contribution in [2.45, 2.75) is 51.5 Å². The maximum atomic E-state index is 12.9. The maximum Gasteiger partial charge on any atom is 0.256 e. The summed E-state index contributed by atoms with van der Waals surface area (Å²) in [5.74, 6) is 0.214. The van der Waals surface area contributed by atoms with Crippen LogP contribution in [-0.4, -0.2) is 29.9 Å². The third-order valence-corrected chi connectivity index (χ3v) is 4.62. The summed E-state index contributed by atoms with van der Waals surface area (Å²) in [5.41, 5.74) is 3.25. The van der Waals surface area contributed by atoms with Gasteiger partial charge in [-0.1, -0.05) is 25.0 Å². The lowest BCUT2D eigenvalue weighted by Gasteiger charge is -2.29. The standard InChI is InChI=1S/C17H24N2O/c1-13-7-3-2-4-12-19(13)17(20)15-10-5-8-14-9-6-11-18-16(14)15/h5,8,10,13,18H,2-4,6-7,9,11-12H2,1H3. The Labute approximate surface area is 121 Å². The minimum atomic E-state index is 0.214. The van der Waals surface area contributed by atoms with Crippen molar-refractivity contribution in [1.82, 2.24) is 4.90 Å². The summed E-state index contributed by atoms with van der Waals surface area (Å²) >= 11 is 0. The molecule has 0 spiro atoms. The molecular weight excluding hydrogens is 248 g/mol. The Balaban J connectivity index is 1.90. The van der Waals surface area contributed by atoms with Gasteiger partial charge in [0.05, 0.1) is 11.3 Å².